The fourth-order valence-electron chi connectivity index (χ4n) is 3.03. The molecule has 152 valence electrons. The Bertz CT molecular complexity index is 1230. The number of hydrogen-bond donors (Lipinski definition) is 2. The van der Waals surface area contributed by atoms with Gasteiger partial charge in [-0.3, -0.25) is 20.4 Å². The van der Waals surface area contributed by atoms with E-state index in [0.29, 0.717) is 22.5 Å². The number of rotatable bonds is 5. The number of furan rings is 1. The number of hydrazine groups is 1. The summed E-state index contributed by atoms with van der Waals surface area (Å²) in [5, 5.41) is 3.71. The normalized spacial score (nSPS) is 10.7. The second-order valence-corrected chi connectivity index (χ2v) is 7.67. The molecule has 0 saturated carbocycles. The highest BCUT2D eigenvalue weighted by Gasteiger charge is 2.19. The molecule has 0 bridgehead atoms. The zero-order valence-electron chi connectivity index (χ0n) is 16.4. The molecular formula is C22H19N3O4S. The van der Waals surface area contributed by atoms with Crippen LogP contribution in [-0.2, 0) is 6.61 Å². The molecule has 7 nitrogen and oxygen atoms in total. The maximum Gasteiger partial charge on any atom is 0.305 e. The minimum Gasteiger partial charge on any atom is -0.486 e. The lowest BCUT2D eigenvalue weighted by Gasteiger charge is -2.11. The van der Waals surface area contributed by atoms with Crippen LogP contribution in [0.5, 0.6) is 5.75 Å². The average Bonchev–Trinajstić information content (AvgIpc) is 3.33. The van der Waals surface area contributed by atoms with E-state index in [2.05, 4.69) is 15.8 Å². The number of hydrogen-bond acceptors (Lipinski definition) is 6. The molecule has 0 aliphatic rings. The fraction of sp³-hybridized carbons (Fsp3) is 0.136. The smallest absolute Gasteiger partial charge is 0.305 e. The first-order chi connectivity index (χ1) is 14.5. The summed E-state index contributed by atoms with van der Waals surface area (Å²) in [7, 11) is 0. The zero-order chi connectivity index (χ0) is 21.1. The Labute approximate surface area is 176 Å². The molecule has 0 saturated heterocycles. The van der Waals surface area contributed by atoms with Crippen molar-refractivity contribution in [2.75, 3.05) is 0 Å². The molecule has 2 N–H and O–H groups in total. The van der Waals surface area contributed by atoms with Gasteiger partial charge in [0.05, 0.1) is 16.3 Å². The number of amides is 2. The number of nitrogens with one attached hydrogen (secondary N) is 2. The Morgan fingerprint density at radius 3 is 2.53 bits per heavy atom. The van der Waals surface area contributed by atoms with Crippen LogP contribution < -0.4 is 15.6 Å². The second kappa shape index (κ2) is 8.38. The first-order valence-corrected chi connectivity index (χ1v) is 10.1. The molecular weight excluding hydrogens is 402 g/mol. The molecule has 0 unspecified atom stereocenters. The van der Waals surface area contributed by atoms with Crippen molar-refractivity contribution in [1.29, 1.82) is 0 Å². The van der Waals surface area contributed by atoms with Gasteiger partial charge in [-0.05, 0) is 32.0 Å². The lowest BCUT2D eigenvalue weighted by atomic mass is 10.1. The third-order valence-electron chi connectivity index (χ3n) is 4.51. The van der Waals surface area contributed by atoms with Crippen molar-refractivity contribution in [3.8, 4) is 5.75 Å². The zero-order valence-corrected chi connectivity index (χ0v) is 17.2. The summed E-state index contributed by atoms with van der Waals surface area (Å²) in [4.78, 5) is 29.5. The van der Waals surface area contributed by atoms with Crippen LogP contribution in [0, 0.1) is 13.8 Å². The van der Waals surface area contributed by atoms with Gasteiger partial charge >= 0.3 is 5.91 Å². The number of nitrogens with zero attached hydrogens (tertiary/aromatic N) is 1. The van der Waals surface area contributed by atoms with Crippen molar-refractivity contribution in [1.82, 2.24) is 15.8 Å². The Morgan fingerprint density at radius 2 is 1.77 bits per heavy atom. The van der Waals surface area contributed by atoms with E-state index in [4.69, 9.17) is 9.15 Å². The van der Waals surface area contributed by atoms with Crippen molar-refractivity contribution in [3.63, 3.8) is 0 Å². The first kappa shape index (κ1) is 19.7. The van der Waals surface area contributed by atoms with Gasteiger partial charge in [-0.25, -0.2) is 4.98 Å². The van der Waals surface area contributed by atoms with Crippen LogP contribution in [-0.4, -0.2) is 16.8 Å². The van der Waals surface area contributed by atoms with Crippen molar-refractivity contribution in [3.05, 3.63) is 81.5 Å². The number of carbonyl (C=O) groups excluding carboxylic acids is 2. The van der Waals surface area contributed by atoms with Crippen LogP contribution in [0.1, 0.15) is 37.2 Å². The van der Waals surface area contributed by atoms with Gasteiger partial charge in [-0.1, -0.05) is 30.3 Å². The molecule has 0 aliphatic heterocycles. The molecule has 2 heterocycles. The highest BCUT2D eigenvalue weighted by atomic mass is 32.1. The monoisotopic (exact) mass is 421 g/mol. The van der Waals surface area contributed by atoms with Gasteiger partial charge in [-0.15, -0.1) is 11.3 Å². The van der Waals surface area contributed by atoms with Gasteiger partial charge < -0.3 is 9.15 Å². The molecule has 4 rings (SSSR count). The van der Waals surface area contributed by atoms with E-state index in [0.717, 1.165) is 16.1 Å². The molecule has 0 spiro atoms. The molecule has 0 atom stereocenters. The summed E-state index contributed by atoms with van der Waals surface area (Å²) in [5.41, 5.74) is 7.24. The highest BCUT2D eigenvalue weighted by Crippen LogP contribution is 2.25. The number of benzene rings is 2. The minimum absolute atomic E-state index is 0.153. The Hall–Kier alpha value is -3.65. The Balaban J connectivity index is 1.43. The van der Waals surface area contributed by atoms with Crippen molar-refractivity contribution in [2.45, 2.75) is 20.5 Å². The summed E-state index contributed by atoms with van der Waals surface area (Å²) in [6.45, 7) is 3.97. The van der Waals surface area contributed by atoms with Crippen LogP contribution in [0.2, 0.25) is 0 Å². The molecule has 0 aliphatic carbocycles. The van der Waals surface area contributed by atoms with Crippen LogP contribution >= 0.6 is 11.3 Å². The summed E-state index contributed by atoms with van der Waals surface area (Å²) >= 11 is 1.54. The molecule has 8 heteroatoms. The van der Waals surface area contributed by atoms with Gasteiger partial charge in [-0.2, -0.15) is 0 Å². The lowest BCUT2D eigenvalue weighted by Crippen LogP contribution is -2.41. The van der Waals surface area contributed by atoms with Crippen molar-refractivity contribution in [2.24, 2.45) is 0 Å². The largest absolute Gasteiger partial charge is 0.486 e. The predicted octanol–water partition coefficient (Wildman–Crippen LogP) is 4.16. The SMILES string of the molecule is Cc1nc(COc2ccccc2C(=O)NNC(=O)c2oc3ccccc3c2C)cs1. The third-order valence-corrected chi connectivity index (χ3v) is 5.34. The quantitative estimate of drug-likeness (QED) is 0.472. The maximum absolute atomic E-state index is 12.6. The van der Waals surface area contributed by atoms with E-state index in [-0.39, 0.29) is 12.4 Å². The van der Waals surface area contributed by atoms with Crippen molar-refractivity contribution < 1.29 is 18.7 Å². The van der Waals surface area contributed by atoms with E-state index >= 15 is 0 Å². The summed E-state index contributed by atoms with van der Waals surface area (Å²) < 4.78 is 11.4. The number of thiazole rings is 1. The van der Waals surface area contributed by atoms with Gasteiger partial charge in [0.25, 0.3) is 5.91 Å². The van der Waals surface area contributed by atoms with Gasteiger partial charge in [0, 0.05) is 16.3 Å². The summed E-state index contributed by atoms with van der Waals surface area (Å²) in [6.07, 6.45) is 0. The van der Waals surface area contributed by atoms with Gasteiger partial charge in [0.2, 0.25) is 0 Å². The van der Waals surface area contributed by atoms with Crippen LogP contribution in [0.3, 0.4) is 0 Å². The van der Waals surface area contributed by atoms with Crippen LogP contribution in [0.4, 0.5) is 0 Å². The number of aryl methyl sites for hydroxylation is 2. The van der Waals surface area contributed by atoms with E-state index in [1.54, 1.807) is 37.3 Å². The van der Waals surface area contributed by atoms with Crippen LogP contribution in [0.15, 0.2) is 58.3 Å². The number of ether oxygens (including phenoxy) is 1. The standard InChI is InChI=1S/C22H19N3O4S/c1-13-16-7-3-6-10-19(16)29-20(13)22(27)25-24-21(26)17-8-4-5-9-18(17)28-11-15-12-30-14(2)23-15/h3-10,12H,11H2,1-2H3,(H,24,26)(H,25,27). The molecule has 4 aromatic rings. The average molecular weight is 421 g/mol. The van der Waals surface area contributed by atoms with E-state index in [1.165, 1.54) is 11.3 Å². The number of fused-ring (bicyclic) bond motifs is 1. The Kier molecular flexibility index (Phi) is 5.49. The molecule has 2 amide bonds. The molecule has 0 fully saturated rings. The summed E-state index contributed by atoms with van der Waals surface area (Å²) in [5.74, 6) is -0.481. The third kappa shape index (κ3) is 4.04. The molecule has 30 heavy (non-hydrogen) atoms. The number of carbonyl (C=O) groups is 2. The Morgan fingerprint density at radius 1 is 1.03 bits per heavy atom. The molecule has 2 aromatic carbocycles. The second-order valence-electron chi connectivity index (χ2n) is 6.60. The van der Waals surface area contributed by atoms with Crippen molar-refractivity contribution >= 4 is 34.1 Å². The molecule has 2 aromatic heterocycles. The lowest BCUT2D eigenvalue weighted by molar-refractivity contribution is 0.0829. The van der Waals surface area contributed by atoms with E-state index in [9.17, 15) is 9.59 Å². The van der Waals surface area contributed by atoms with Crippen LogP contribution in [0.25, 0.3) is 11.0 Å². The highest BCUT2D eigenvalue weighted by molar-refractivity contribution is 7.09. The van der Waals surface area contributed by atoms with Gasteiger partial charge in [0.15, 0.2) is 5.76 Å². The topological polar surface area (TPSA) is 93.5 Å². The first-order valence-electron chi connectivity index (χ1n) is 9.24. The minimum atomic E-state index is -0.534. The number of para-hydroxylation sites is 2. The number of aromatic nitrogens is 1. The maximum atomic E-state index is 12.6. The van der Waals surface area contributed by atoms with E-state index in [1.807, 2.05) is 30.5 Å². The molecule has 0 radical (unpaired) electrons. The van der Waals surface area contributed by atoms with E-state index < -0.39 is 11.8 Å². The van der Waals surface area contributed by atoms with Gasteiger partial charge in [0.1, 0.15) is 17.9 Å². The fourth-order valence-corrected chi connectivity index (χ4v) is 3.63. The predicted molar refractivity (Wildman–Crippen MR) is 114 cm³/mol. The summed E-state index contributed by atoms with van der Waals surface area (Å²) in [6, 6.07) is 14.2.